The van der Waals surface area contributed by atoms with Crippen LogP contribution in [0.4, 0.5) is 0 Å². The van der Waals surface area contributed by atoms with Gasteiger partial charge in [-0.15, -0.1) is 6.42 Å². The highest BCUT2D eigenvalue weighted by Gasteiger charge is 1.96. The number of terminal acetylenes is 1. The Hall–Kier alpha value is -1.78. The van der Waals surface area contributed by atoms with Crippen molar-refractivity contribution in [1.82, 2.24) is 0 Å². The van der Waals surface area contributed by atoms with Gasteiger partial charge in [-0.1, -0.05) is 59.1 Å². The van der Waals surface area contributed by atoms with Gasteiger partial charge in [0.2, 0.25) is 0 Å². The fraction of sp³-hybridized carbons (Fsp3) is 0.0667. The second kappa shape index (κ2) is 5.34. The molecule has 0 radical (unpaired) electrons. The molecule has 0 aromatic heterocycles. The van der Waals surface area contributed by atoms with E-state index in [0.29, 0.717) is 0 Å². The van der Waals surface area contributed by atoms with E-state index in [4.69, 9.17) is 6.42 Å². The maximum atomic E-state index is 5.32. The zero-order valence-corrected chi connectivity index (χ0v) is 10.6. The number of rotatable bonds is 3. The molecule has 2 aromatic carbocycles. The van der Waals surface area contributed by atoms with Gasteiger partial charge in [0.25, 0.3) is 0 Å². The van der Waals surface area contributed by atoms with Crippen LogP contribution < -0.4 is 5.19 Å². The summed E-state index contributed by atoms with van der Waals surface area (Å²) in [7, 11) is -0.180. The van der Waals surface area contributed by atoms with Crippen molar-refractivity contribution in [3.8, 4) is 12.3 Å². The molecule has 0 nitrogen and oxygen atoms in total. The molecule has 0 bridgehead atoms. The second-order valence-electron chi connectivity index (χ2n) is 3.83. The smallest absolute Gasteiger partial charge is 0.0590 e. The molecule has 0 aliphatic carbocycles. The first-order chi connectivity index (χ1) is 7.88. The van der Waals surface area contributed by atoms with E-state index in [1.54, 1.807) is 0 Å². The Kier molecular flexibility index (Phi) is 3.58. The van der Waals surface area contributed by atoms with Crippen LogP contribution in [-0.2, 0) is 6.04 Å². The van der Waals surface area contributed by atoms with Gasteiger partial charge in [0.05, 0.1) is 9.52 Å². The Morgan fingerprint density at radius 2 is 1.62 bits per heavy atom. The molecular formula is C15H14Si. The summed E-state index contributed by atoms with van der Waals surface area (Å²) in [6, 6.07) is 20.3. The van der Waals surface area contributed by atoms with Gasteiger partial charge in [-0.05, 0) is 18.2 Å². The summed E-state index contributed by atoms with van der Waals surface area (Å²) in [5, 5.41) is 1.52. The van der Waals surface area contributed by atoms with Crippen LogP contribution in [0, 0.1) is 12.3 Å². The average Bonchev–Trinajstić information content (AvgIpc) is 2.38. The van der Waals surface area contributed by atoms with Gasteiger partial charge in [-0.3, -0.25) is 0 Å². The van der Waals surface area contributed by atoms with Gasteiger partial charge in [-0.25, -0.2) is 0 Å². The molecule has 0 unspecified atom stereocenters. The van der Waals surface area contributed by atoms with E-state index < -0.39 is 0 Å². The molecule has 1 heteroatoms. The molecule has 0 saturated heterocycles. The van der Waals surface area contributed by atoms with Gasteiger partial charge in [0.15, 0.2) is 0 Å². The van der Waals surface area contributed by atoms with E-state index in [0.717, 1.165) is 5.56 Å². The van der Waals surface area contributed by atoms with Crippen molar-refractivity contribution in [3.63, 3.8) is 0 Å². The molecule has 0 atom stereocenters. The minimum absolute atomic E-state index is 0.180. The molecule has 2 aromatic rings. The van der Waals surface area contributed by atoms with Crippen molar-refractivity contribution in [2.24, 2.45) is 0 Å². The molecule has 0 heterocycles. The van der Waals surface area contributed by atoms with E-state index >= 15 is 0 Å². The Morgan fingerprint density at radius 1 is 0.938 bits per heavy atom. The normalized spacial score (nSPS) is 10.4. The fourth-order valence-corrected chi connectivity index (χ4v) is 3.22. The third-order valence-corrected chi connectivity index (χ3v) is 4.54. The number of benzene rings is 2. The molecule has 16 heavy (non-hydrogen) atoms. The third kappa shape index (κ3) is 2.85. The van der Waals surface area contributed by atoms with E-state index in [-0.39, 0.29) is 9.52 Å². The average molecular weight is 222 g/mol. The molecular weight excluding hydrogens is 208 g/mol. The van der Waals surface area contributed by atoms with Gasteiger partial charge in [-0.2, -0.15) is 0 Å². The van der Waals surface area contributed by atoms with Gasteiger partial charge >= 0.3 is 0 Å². The van der Waals surface area contributed by atoms with Gasteiger partial charge < -0.3 is 0 Å². The summed E-state index contributed by atoms with van der Waals surface area (Å²) in [6.07, 6.45) is 5.32. The molecule has 0 aliphatic heterocycles. The Morgan fingerprint density at radius 3 is 2.25 bits per heavy atom. The van der Waals surface area contributed by atoms with Crippen molar-refractivity contribution in [3.05, 3.63) is 65.7 Å². The lowest BCUT2D eigenvalue weighted by atomic mass is 10.2. The Bertz CT molecular complexity index is 477. The number of hydrogen-bond donors (Lipinski definition) is 0. The Balaban J connectivity index is 1.98. The van der Waals surface area contributed by atoms with Crippen molar-refractivity contribution in [1.29, 1.82) is 0 Å². The van der Waals surface area contributed by atoms with Crippen molar-refractivity contribution in [2.75, 3.05) is 0 Å². The summed E-state index contributed by atoms with van der Waals surface area (Å²) < 4.78 is 0. The standard InChI is InChI=1S/C15H14Si/c1-2-13-8-10-14(11-9-13)12-16-15-6-4-3-5-7-15/h1,3-11H,12,16H2. The van der Waals surface area contributed by atoms with Gasteiger partial charge in [0.1, 0.15) is 0 Å². The maximum absolute atomic E-state index is 5.32. The molecule has 0 amide bonds. The quantitative estimate of drug-likeness (QED) is 0.547. The SMILES string of the molecule is C#Cc1ccc(C[SiH2]c2ccccc2)cc1. The van der Waals surface area contributed by atoms with Crippen LogP contribution in [0.1, 0.15) is 11.1 Å². The lowest BCUT2D eigenvalue weighted by molar-refractivity contribution is 1.38. The summed E-state index contributed by atoms with van der Waals surface area (Å²) in [6.45, 7) is 0. The first-order valence-electron chi connectivity index (χ1n) is 5.48. The summed E-state index contributed by atoms with van der Waals surface area (Å²) in [4.78, 5) is 0. The third-order valence-electron chi connectivity index (χ3n) is 2.67. The zero-order chi connectivity index (χ0) is 11.2. The Labute approximate surface area is 99.2 Å². The molecule has 0 N–H and O–H groups in total. The van der Waals surface area contributed by atoms with Crippen molar-refractivity contribution in [2.45, 2.75) is 6.04 Å². The number of hydrogen-bond acceptors (Lipinski definition) is 0. The maximum Gasteiger partial charge on any atom is 0.0590 e. The van der Waals surface area contributed by atoms with Crippen LogP contribution in [0.25, 0.3) is 0 Å². The van der Waals surface area contributed by atoms with Crippen LogP contribution in [0.15, 0.2) is 54.6 Å². The van der Waals surface area contributed by atoms with Crippen molar-refractivity contribution >= 4 is 14.7 Å². The molecule has 78 valence electrons. The molecule has 0 saturated carbocycles. The van der Waals surface area contributed by atoms with E-state index in [1.165, 1.54) is 16.8 Å². The first-order valence-corrected chi connectivity index (χ1v) is 7.18. The predicted octanol–water partition coefficient (Wildman–Crippen LogP) is 1.66. The molecule has 0 spiro atoms. The second-order valence-corrected chi connectivity index (χ2v) is 5.64. The monoisotopic (exact) mass is 222 g/mol. The molecule has 2 rings (SSSR count). The van der Waals surface area contributed by atoms with Crippen LogP contribution in [-0.4, -0.2) is 9.52 Å². The minimum Gasteiger partial charge on any atom is -0.115 e. The van der Waals surface area contributed by atoms with Crippen LogP contribution in [0.3, 0.4) is 0 Å². The first kappa shape index (κ1) is 10.7. The zero-order valence-electron chi connectivity index (χ0n) is 9.19. The van der Waals surface area contributed by atoms with E-state index in [2.05, 4.69) is 48.4 Å². The van der Waals surface area contributed by atoms with Crippen LogP contribution in [0.2, 0.25) is 0 Å². The molecule has 0 aliphatic rings. The van der Waals surface area contributed by atoms with E-state index in [9.17, 15) is 0 Å². The van der Waals surface area contributed by atoms with E-state index in [1.807, 2.05) is 12.1 Å². The van der Waals surface area contributed by atoms with Crippen molar-refractivity contribution < 1.29 is 0 Å². The topological polar surface area (TPSA) is 0 Å². The highest BCUT2D eigenvalue weighted by atomic mass is 28.2. The molecule has 0 fully saturated rings. The minimum atomic E-state index is -0.180. The lowest BCUT2D eigenvalue weighted by Crippen LogP contribution is -2.15. The van der Waals surface area contributed by atoms with Gasteiger partial charge in [0, 0.05) is 5.56 Å². The van der Waals surface area contributed by atoms with Crippen LogP contribution in [0.5, 0.6) is 0 Å². The summed E-state index contributed by atoms with van der Waals surface area (Å²) >= 11 is 0. The predicted molar refractivity (Wildman–Crippen MR) is 72.7 cm³/mol. The fourth-order valence-electron chi connectivity index (χ4n) is 1.70. The highest BCUT2D eigenvalue weighted by molar-refractivity contribution is 6.52. The summed E-state index contributed by atoms with van der Waals surface area (Å²) in [5.74, 6) is 2.64. The highest BCUT2D eigenvalue weighted by Crippen LogP contribution is 2.03. The van der Waals surface area contributed by atoms with Crippen LogP contribution >= 0.6 is 0 Å². The summed E-state index contributed by atoms with van der Waals surface area (Å²) in [5.41, 5.74) is 2.36. The lowest BCUT2D eigenvalue weighted by Gasteiger charge is -2.01. The largest absolute Gasteiger partial charge is 0.115 e.